The SMILES string of the molecule is CNS(=O)(=O)C(C)c1ccccc1Cl. The number of hydrogen-bond donors (Lipinski definition) is 1. The molecule has 0 amide bonds. The number of rotatable bonds is 3. The number of benzene rings is 1. The van der Waals surface area contributed by atoms with Gasteiger partial charge in [-0.05, 0) is 25.6 Å². The van der Waals surface area contributed by atoms with Gasteiger partial charge in [0.05, 0.1) is 5.25 Å². The zero-order valence-electron chi connectivity index (χ0n) is 7.99. The van der Waals surface area contributed by atoms with Gasteiger partial charge in [0, 0.05) is 5.02 Å². The van der Waals surface area contributed by atoms with Crippen LogP contribution in [0.25, 0.3) is 0 Å². The van der Waals surface area contributed by atoms with Crippen LogP contribution in [0, 0.1) is 0 Å². The van der Waals surface area contributed by atoms with Crippen molar-refractivity contribution in [1.82, 2.24) is 4.72 Å². The minimum Gasteiger partial charge on any atom is -0.218 e. The van der Waals surface area contributed by atoms with Crippen LogP contribution in [0.2, 0.25) is 5.02 Å². The van der Waals surface area contributed by atoms with Crippen LogP contribution in [0.15, 0.2) is 24.3 Å². The average molecular weight is 234 g/mol. The van der Waals surface area contributed by atoms with Crippen LogP contribution >= 0.6 is 11.6 Å². The van der Waals surface area contributed by atoms with Crippen molar-refractivity contribution in [3.63, 3.8) is 0 Å². The minimum absolute atomic E-state index is 0.471. The zero-order valence-corrected chi connectivity index (χ0v) is 9.56. The third-order valence-corrected chi connectivity index (χ3v) is 4.19. The summed E-state index contributed by atoms with van der Waals surface area (Å²) in [5, 5.41) is -0.167. The maximum absolute atomic E-state index is 11.5. The topological polar surface area (TPSA) is 46.2 Å². The molecule has 0 aliphatic rings. The highest BCUT2D eigenvalue weighted by molar-refractivity contribution is 7.89. The Hall–Kier alpha value is -0.580. The predicted molar refractivity (Wildman–Crippen MR) is 57.8 cm³/mol. The van der Waals surface area contributed by atoms with Crippen molar-refractivity contribution in [3.8, 4) is 0 Å². The summed E-state index contributed by atoms with van der Waals surface area (Å²) in [4.78, 5) is 0. The molecule has 3 nitrogen and oxygen atoms in total. The molecule has 1 atom stereocenters. The van der Waals surface area contributed by atoms with Gasteiger partial charge in [0.25, 0.3) is 0 Å². The molecule has 0 bridgehead atoms. The molecule has 0 heterocycles. The van der Waals surface area contributed by atoms with Crippen molar-refractivity contribution in [2.24, 2.45) is 0 Å². The Kier molecular flexibility index (Phi) is 3.53. The Morgan fingerprint density at radius 3 is 2.43 bits per heavy atom. The fourth-order valence-electron chi connectivity index (χ4n) is 1.15. The standard InChI is InChI=1S/C9H12ClNO2S/c1-7(14(12,13)11-2)8-5-3-4-6-9(8)10/h3-7,11H,1-2H3. The lowest BCUT2D eigenvalue weighted by Crippen LogP contribution is -2.24. The summed E-state index contributed by atoms with van der Waals surface area (Å²) >= 11 is 5.89. The molecule has 78 valence electrons. The highest BCUT2D eigenvalue weighted by atomic mass is 35.5. The van der Waals surface area contributed by atoms with Crippen molar-refractivity contribution in [3.05, 3.63) is 34.9 Å². The lowest BCUT2D eigenvalue weighted by atomic mass is 10.2. The molecule has 0 aliphatic carbocycles. The Morgan fingerprint density at radius 2 is 1.93 bits per heavy atom. The van der Waals surface area contributed by atoms with Gasteiger partial charge >= 0.3 is 0 Å². The average Bonchev–Trinajstić information content (AvgIpc) is 2.17. The van der Waals surface area contributed by atoms with Gasteiger partial charge < -0.3 is 0 Å². The second kappa shape index (κ2) is 4.29. The van der Waals surface area contributed by atoms with E-state index in [0.717, 1.165) is 0 Å². The fraction of sp³-hybridized carbons (Fsp3) is 0.333. The van der Waals surface area contributed by atoms with Crippen LogP contribution in [-0.2, 0) is 10.0 Å². The fourth-order valence-corrected chi connectivity index (χ4v) is 2.41. The van der Waals surface area contributed by atoms with Gasteiger partial charge in [0.15, 0.2) is 0 Å². The van der Waals surface area contributed by atoms with Crippen LogP contribution < -0.4 is 4.72 Å². The Bertz CT molecular complexity index is 417. The highest BCUT2D eigenvalue weighted by Crippen LogP contribution is 2.27. The van der Waals surface area contributed by atoms with E-state index >= 15 is 0 Å². The molecule has 1 aromatic rings. The lowest BCUT2D eigenvalue weighted by Gasteiger charge is -2.13. The van der Waals surface area contributed by atoms with E-state index in [1.165, 1.54) is 7.05 Å². The van der Waals surface area contributed by atoms with E-state index in [0.29, 0.717) is 10.6 Å². The van der Waals surface area contributed by atoms with Crippen molar-refractivity contribution in [1.29, 1.82) is 0 Å². The van der Waals surface area contributed by atoms with Gasteiger partial charge in [-0.15, -0.1) is 0 Å². The molecule has 1 N–H and O–H groups in total. The first-order valence-corrected chi connectivity index (χ1v) is 6.08. The number of sulfonamides is 1. The molecule has 0 radical (unpaired) electrons. The van der Waals surface area contributed by atoms with Gasteiger partial charge in [0.2, 0.25) is 10.0 Å². The van der Waals surface area contributed by atoms with Gasteiger partial charge in [-0.1, -0.05) is 29.8 Å². The first kappa shape index (κ1) is 11.5. The molecular weight excluding hydrogens is 222 g/mol. The first-order chi connectivity index (χ1) is 6.49. The Morgan fingerprint density at radius 1 is 1.36 bits per heavy atom. The second-order valence-electron chi connectivity index (χ2n) is 2.91. The maximum Gasteiger partial charge on any atom is 0.218 e. The maximum atomic E-state index is 11.5. The summed E-state index contributed by atoms with van der Waals surface area (Å²) in [6, 6.07) is 6.92. The van der Waals surface area contributed by atoms with Crippen LogP contribution in [0.1, 0.15) is 17.7 Å². The molecule has 0 aromatic heterocycles. The van der Waals surface area contributed by atoms with E-state index < -0.39 is 15.3 Å². The Balaban J connectivity index is 3.14. The molecule has 1 rings (SSSR count). The van der Waals surface area contributed by atoms with Crippen LogP contribution in [0.5, 0.6) is 0 Å². The lowest BCUT2D eigenvalue weighted by molar-refractivity contribution is 0.578. The van der Waals surface area contributed by atoms with Crippen molar-refractivity contribution in [2.45, 2.75) is 12.2 Å². The van der Waals surface area contributed by atoms with Crippen LogP contribution in [0.3, 0.4) is 0 Å². The Labute approximate surface area is 89.1 Å². The quantitative estimate of drug-likeness (QED) is 0.868. The number of hydrogen-bond acceptors (Lipinski definition) is 2. The molecule has 14 heavy (non-hydrogen) atoms. The van der Waals surface area contributed by atoms with E-state index in [-0.39, 0.29) is 0 Å². The number of halogens is 1. The summed E-state index contributed by atoms with van der Waals surface area (Å²) in [5.74, 6) is 0. The van der Waals surface area contributed by atoms with E-state index in [4.69, 9.17) is 11.6 Å². The smallest absolute Gasteiger partial charge is 0.218 e. The molecule has 0 saturated carbocycles. The van der Waals surface area contributed by atoms with E-state index in [1.807, 2.05) is 0 Å². The molecular formula is C9H12ClNO2S. The summed E-state index contributed by atoms with van der Waals surface area (Å²) < 4.78 is 25.2. The summed E-state index contributed by atoms with van der Waals surface area (Å²) in [7, 11) is -1.92. The molecule has 0 fully saturated rings. The van der Waals surface area contributed by atoms with Gasteiger partial charge in [0.1, 0.15) is 0 Å². The second-order valence-corrected chi connectivity index (χ2v) is 5.53. The molecule has 0 spiro atoms. The van der Waals surface area contributed by atoms with Gasteiger partial charge in [-0.3, -0.25) is 0 Å². The molecule has 0 aliphatic heterocycles. The minimum atomic E-state index is -3.31. The molecule has 1 aromatic carbocycles. The van der Waals surface area contributed by atoms with Crippen LogP contribution in [-0.4, -0.2) is 15.5 Å². The third kappa shape index (κ3) is 2.26. The predicted octanol–water partition coefficient (Wildman–Crippen LogP) is 1.95. The largest absolute Gasteiger partial charge is 0.218 e. The zero-order chi connectivity index (χ0) is 10.8. The molecule has 0 saturated heterocycles. The van der Waals surface area contributed by atoms with E-state index in [9.17, 15) is 8.42 Å². The van der Waals surface area contributed by atoms with Gasteiger partial charge in [-0.2, -0.15) is 0 Å². The third-order valence-electron chi connectivity index (χ3n) is 2.09. The normalized spacial score (nSPS) is 13.9. The number of nitrogens with one attached hydrogen (secondary N) is 1. The summed E-state index contributed by atoms with van der Waals surface area (Å²) in [6.45, 7) is 1.60. The highest BCUT2D eigenvalue weighted by Gasteiger charge is 2.22. The molecule has 5 heteroatoms. The van der Waals surface area contributed by atoms with E-state index in [2.05, 4.69) is 4.72 Å². The van der Waals surface area contributed by atoms with Crippen molar-refractivity contribution in [2.75, 3.05) is 7.05 Å². The molecule has 1 unspecified atom stereocenters. The van der Waals surface area contributed by atoms with Gasteiger partial charge in [-0.25, -0.2) is 13.1 Å². The summed E-state index contributed by atoms with van der Waals surface area (Å²) in [5.41, 5.74) is 0.614. The van der Waals surface area contributed by atoms with Crippen molar-refractivity contribution >= 4 is 21.6 Å². The van der Waals surface area contributed by atoms with E-state index in [1.54, 1.807) is 31.2 Å². The summed E-state index contributed by atoms with van der Waals surface area (Å²) in [6.07, 6.45) is 0. The first-order valence-electron chi connectivity index (χ1n) is 4.16. The monoisotopic (exact) mass is 233 g/mol. The van der Waals surface area contributed by atoms with Crippen molar-refractivity contribution < 1.29 is 8.42 Å². The van der Waals surface area contributed by atoms with Crippen LogP contribution in [0.4, 0.5) is 0 Å².